The third kappa shape index (κ3) is 5.73. The fraction of sp³-hybridized carbons (Fsp3) is 0.364. The molecular weight excluding hydrogens is 324 g/mol. The minimum Gasteiger partial charge on any atom is -0.354 e. The van der Waals surface area contributed by atoms with Gasteiger partial charge in [-0.2, -0.15) is 0 Å². The van der Waals surface area contributed by atoms with Gasteiger partial charge in [-0.05, 0) is 44.0 Å². The summed E-state index contributed by atoms with van der Waals surface area (Å²) in [5.41, 5.74) is 4.07. The maximum Gasteiger partial charge on any atom is 0.227 e. The first-order chi connectivity index (χ1) is 12.4. The topological polar surface area (TPSA) is 49.4 Å². The molecule has 0 spiro atoms. The van der Waals surface area contributed by atoms with E-state index < -0.39 is 0 Å². The highest BCUT2D eigenvalue weighted by Gasteiger charge is 2.15. The van der Waals surface area contributed by atoms with Crippen molar-refractivity contribution in [3.63, 3.8) is 0 Å². The van der Waals surface area contributed by atoms with E-state index >= 15 is 0 Å². The molecule has 0 heterocycles. The van der Waals surface area contributed by atoms with Crippen LogP contribution in [0.1, 0.15) is 43.9 Å². The Bertz CT molecular complexity index is 751. The molecule has 0 bridgehead atoms. The van der Waals surface area contributed by atoms with Crippen molar-refractivity contribution in [1.29, 1.82) is 0 Å². The van der Waals surface area contributed by atoms with Gasteiger partial charge in [0, 0.05) is 18.2 Å². The summed E-state index contributed by atoms with van der Waals surface area (Å²) in [5, 5.41) is 2.89. The van der Waals surface area contributed by atoms with Gasteiger partial charge in [-0.3, -0.25) is 9.59 Å². The lowest BCUT2D eigenvalue weighted by Gasteiger charge is -2.23. The van der Waals surface area contributed by atoms with Gasteiger partial charge in [-0.15, -0.1) is 0 Å². The fourth-order valence-electron chi connectivity index (χ4n) is 2.86. The zero-order chi connectivity index (χ0) is 19.1. The van der Waals surface area contributed by atoms with Crippen LogP contribution in [0, 0.1) is 6.92 Å². The lowest BCUT2D eigenvalue weighted by atomic mass is 10.1. The summed E-state index contributed by atoms with van der Waals surface area (Å²) in [5.74, 6) is 0.0887. The van der Waals surface area contributed by atoms with E-state index in [9.17, 15) is 9.59 Å². The maximum absolute atomic E-state index is 12.4. The highest BCUT2D eigenvalue weighted by molar-refractivity contribution is 5.93. The largest absolute Gasteiger partial charge is 0.354 e. The van der Waals surface area contributed by atoms with Gasteiger partial charge >= 0.3 is 0 Å². The molecule has 4 heteroatoms. The van der Waals surface area contributed by atoms with Gasteiger partial charge in [0.2, 0.25) is 11.8 Å². The second-order valence-electron chi connectivity index (χ2n) is 6.89. The quantitative estimate of drug-likeness (QED) is 0.819. The molecule has 2 amide bonds. The normalized spacial score (nSPS) is 10.7. The van der Waals surface area contributed by atoms with Gasteiger partial charge in [-0.1, -0.05) is 48.9 Å². The van der Waals surface area contributed by atoms with Gasteiger partial charge in [0.25, 0.3) is 0 Å². The second kappa shape index (κ2) is 9.18. The number of hydrogen-bond donors (Lipinski definition) is 1. The van der Waals surface area contributed by atoms with Crippen LogP contribution in [0.3, 0.4) is 0 Å². The van der Waals surface area contributed by atoms with Crippen molar-refractivity contribution in [2.75, 3.05) is 4.90 Å². The Labute approximate surface area is 156 Å². The lowest BCUT2D eigenvalue weighted by Crippen LogP contribution is -2.31. The van der Waals surface area contributed by atoms with Gasteiger partial charge < -0.3 is 10.2 Å². The molecule has 4 nitrogen and oxygen atoms in total. The molecule has 0 aliphatic heterocycles. The smallest absolute Gasteiger partial charge is 0.227 e. The van der Waals surface area contributed by atoms with E-state index in [2.05, 4.69) is 11.4 Å². The van der Waals surface area contributed by atoms with E-state index in [-0.39, 0.29) is 17.9 Å². The molecule has 0 radical (unpaired) electrons. The van der Waals surface area contributed by atoms with Gasteiger partial charge in [0.15, 0.2) is 0 Å². The van der Waals surface area contributed by atoms with Gasteiger partial charge in [0.05, 0.1) is 13.0 Å². The second-order valence-corrected chi connectivity index (χ2v) is 6.89. The number of carbonyl (C=O) groups excluding carboxylic acids is 2. The number of benzene rings is 2. The number of hydrogen-bond acceptors (Lipinski definition) is 2. The SMILES string of the molecule is CCC(=O)N(Cc1cccc(C)c1)c1ccc(CC(=O)NC(C)C)cc1. The summed E-state index contributed by atoms with van der Waals surface area (Å²) in [6.45, 7) is 8.35. The molecule has 0 saturated heterocycles. The molecule has 2 rings (SSSR count). The Morgan fingerprint density at radius 2 is 1.73 bits per heavy atom. The predicted molar refractivity (Wildman–Crippen MR) is 106 cm³/mol. The summed E-state index contributed by atoms with van der Waals surface area (Å²) in [4.78, 5) is 26.1. The van der Waals surface area contributed by atoms with E-state index in [1.54, 1.807) is 4.90 Å². The van der Waals surface area contributed by atoms with Crippen molar-refractivity contribution in [3.05, 3.63) is 65.2 Å². The Morgan fingerprint density at radius 3 is 2.31 bits per heavy atom. The zero-order valence-corrected chi connectivity index (χ0v) is 16.1. The molecule has 0 aliphatic rings. The van der Waals surface area contributed by atoms with E-state index in [4.69, 9.17) is 0 Å². The first-order valence-corrected chi connectivity index (χ1v) is 9.13. The first-order valence-electron chi connectivity index (χ1n) is 9.13. The third-order valence-electron chi connectivity index (χ3n) is 4.09. The molecular formula is C22H28N2O2. The molecule has 2 aromatic carbocycles. The molecule has 1 N–H and O–H groups in total. The number of amides is 2. The Morgan fingerprint density at radius 1 is 1.04 bits per heavy atom. The van der Waals surface area contributed by atoms with Crippen molar-refractivity contribution in [2.24, 2.45) is 0 Å². The molecule has 26 heavy (non-hydrogen) atoms. The Balaban J connectivity index is 2.15. The molecule has 0 saturated carbocycles. The van der Waals surface area contributed by atoms with Crippen LogP contribution in [0.15, 0.2) is 48.5 Å². The highest BCUT2D eigenvalue weighted by atomic mass is 16.2. The summed E-state index contributed by atoms with van der Waals surface area (Å²) < 4.78 is 0. The number of rotatable bonds is 7. The number of aryl methyl sites for hydroxylation is 1. The van der Waals surface area contributed by atoms with Crippen molar-refractivity contribution in [3.8, 4) is 0 Å². The summed E-state index contributed by atoms with van der Waals surface area (Å²) in [6, 6.07) is 16.0. The monoisotopic (exact) mass is 352 g/mol. The molecule has 2 aromatic rings. The van der Waals surface area contributed by atoms with Crippen molar-refractivity contribution < 1.29 is 9.59 Å². The number of nitrogens with zero attached hydrogens (tertiary/aromatic N) is 1. The third-order valence-corrected chi connectivity index (χ3v) is 4.09. The van der Waals surface area contributed by atoms with E-state index in [0.29, 0.717) is 19.4 Å². The van der Waals surface area contributed by atoms with Crippen LogP contribution in [0.5, 0.6) is 0 Å². The minimum atomic E-state index is 0.00833. The van der Waals surface area contributed by atoms with E-state index in [0.717, 1.165) is 16.8 Å². The predicted octanol–water partition coefficient (Wildman–Crippen LogP) is 4.01. The zero-order valence-electron chi connectivity index (χ0n) is 16.1. The number of nitrogens with one attached hydrogen (secondary N) is 1. The molecule has 0 atom stereocenters. The fourth-order valence-corrected chi connectivity index (χ4v) is 2.86. The standard InChI is InChI=1S/C22H28N2O2/c1-5-22(26)24(15-19-8-6-7-17(4)13-19)20-11-9-18(10-12-20)14-21(25)23-16(2)3/h6-13,16H,5,14-15H2,1-4H3,(H,23,25). The lowest BCUT2D eigenvalue weighted by molar-refractivity contribution is -0.121. The van der Waals surface area contributed by atoms with Crippen LogP contribution < -0.4 is 10.2 Å². The molecule has 0 fully saturated rings. The van der Waals surface area contributed by atoms with Crippen LogP contribution in [0.4, 0.5) is 5.69 Å². The van der Waals surface area contributed by atoms with E-state index in [1.807, 2.05) is 70.2 Å². The van der Waals surface area contributed by atoms with Crippen LogP contribution in [-0.2, 0) is 22.6 Å². The summed E-state index contributed by atoms with van der Waals surface area (Å²) >= 11 is 0. The van der Waals surface area contributed by atoms with Crippen LogP contribution in [0.2, 0.25) is 0 Å². The van der Waals surface area contributed by atoms with Crippen LogP contribution in [-0.4, -0.2) is 17.9 Å². The van der Waals surface area contributed by atoms with E-state index in [1.165, 1.54) is 5.56 Å². The number of carbonyl (C=O) groups is 2. The minimum absolute atomic E-state index is 0.00833. The van der Waals surface area contributed by atoms with Crippen molar-refractivity contribution >= 4 is 17.5 Å². The van der Waals surface area contributed by atoms with Gasteiger partial charge in [-0.25, -0.2) is 0 Å². The average molecular weight is 352 g/mol. The molecule has 0 aliphatic carbocycles. The molecule has 0 aromatic heterocycles. The molecule has 0 unspecified atom stereocenters. The van der Waals surface area contributed by atoms with Crippen molar-refractivity contribution in [2.45, 2.75) is 53.1 Å². The average Bonchev–Trinajstić information content (AvgIpc) is 2.59. The Hall–Kier alpha value is -2.62. The van der Waals surface area contributed by atoms with Crippen LogP contribution >= 0.6 is 0 Å². The highest BCUT2D eigenvalue weighted by Crippen LogP contribution is 2.20. The maximum atomic E-state index is 12.4. The summed E-state index contributed by atoms with van der Waals surface area (Å²) in [6.07, 6.45) is 0.794. The first kappa shape index (κ1) is 19.7. The van der Waals surface area contributed by atoms with Crippen LogP contribution in [0.25, 0.3) is 0 Å². The Kier molecular flexibility index (Phi) is 6.96. The molecule has 138 valence electrons. The van der Waals surface area contributed by atoms with Crippen molar-refractivity contribution in [1.82, 2.24) is 5.32 Å². The summed E-state index contributed by atoms with van der Waals surface area (Å²) in [7, 11) is 0. The van der Waals surface area contributed by atoms with Gasteiger partial charge in [0.1, 0.15) is 0 Å². The number of anilines is 1.